The Kier molecular flexibility index (Phi) is 6.42. The van der Waals surface area contributed by atoms with Crippen LogP contribution in [0.25, 0.3) is 0 Å². The molecule has 1 heterocycles. The molecule has 0 saturated carbocycles. The number of carbonyl (C=O) groups is 1. The Morgan fingerprint density at radius 3 is 2.56 bits per heavy atom. The van der Waals surface area contributed by atoms with E-state index in [0.29, 0.717) is 13.2 Å². The van der Waals surface area contributed by atoms with E-state index in [2.05, 4.69) is 0 Å². The van der Waals surface area contributed by atoms with Gasteiger partial charge in [-0.15, -0.1) is 0 Å². The van der Waals surface area contributed by atoms with Crippen molar-refractivity contribution in [2.75, 3.05) is 40.0 Å². The van der Waals surface area contributed by atoms with Crippen molar-refractivity contribution in [3.05, 3.63) is 35.4 Å². The lowest BCUT2D eigenvalue weighted by Crippen LogP contribution is -2.46. The fraction of sp³-hybridized carbons (Fsp3) is 0.588. The van der Waals surface area contributed by atoms with Crippen LogP contribution in [-0.2, 0) is 26.0 Å². The summed E-state index contributed by atoms with van der Waals surface area (Å²) in [5.74, 6) is -0.206. The first-order valence-electron chi connectivity index (χ1n) is 8.01. The highest BCUT2D eigenvalue weighted by atomic mass is 19.4. The molecular formula is C17H22F3NO4. The Balaban J connectivity index is 1.95. The Morgan fingerprint density at radius 1 is 1.28 bits per heavy atom. The summed E-state index contributed by atoms with van der Waals surface area (Å²) in [6, 6.07) is 4.73. The zero-order valence-electron chi connectivity index (χ0n) is 14.0. The molecule has 1 aromatic rings. The third-order valence-electron chi connectivity index (χ3n) is 4.33. The van der Waals surface area contributed by atoms with Gasteiger partial charge in [0.1, 0.15) is 6.61 Å². The second-order valence-corrected chi connectivity index (χ2v) is 6.04. The van der Waals surface area contributed by atoms with E-state index in [9.17, 15) is 23.1 Å². The molecule has 0 aliphatic carbocycles. The number of aliphatic hydroxyl groups is 1. The third kappa shape index (κ3) is 5.17. The second kappa shape index (κ2) is 8.16. The SMILES string of the molecule is COCCOCC(=O)N1CCC(O)(c2cccc(C(F)(F)F)c2)CC1. The highest BCUT2D eigenvalue weighted by Crippen LogP contribution is 2.36. The van der Waals surface area contributed by atoms with Crippen molar-refractivity contribution in [2.24, 2.45) is 0 Å². The van der Waals surface area contributed by atoms with Crippen molar-refractivity contribution in [3.8, 4) is 0 Å². The summed E-state index contributed by atoms with van der Waals surface area (Å²) in [5.41, 5.74) is -1.93. The number of carbonyl (C=O) groups excluding carboxylic acids is 1. The van der Waals surface area contributed by atoms with Crippen molar-refractivity contribution >= 4 is 5.91 Å². The van der Waals surface area contributed by atoms with Crippen LogP contribution < -0.4 is 0 Å². The molecule has 1 aliphatic rings. The molecule has 0 spiro atoms. The van der Waals surface area contributed by atoms with E-state index in [4.69, 9.17) is 9.47 Å². The Hall–Kier alpha value is -1.64. The highest BCUT2D eigenvalue weighted by molar-refractivity contribution is 5.77. The maximum absolute atomic E-state index is 12.8. The van der Waals surface area contributed by atoms with E-state index in [-0.39, 0.29) is 44.0 Å². The quantitative estimate of drug-likeness (QED) is 0.789. The smallest absolute Gasteiger partial charge is 0.385 e. The summed E-state index contributed by atoms with van der Waals surface area (Å²) < 4.78 is 48.5. The first-order valence-corrected chi connectivity index (χ1v) is 8.01. The topological polar surface area (TPSA) is 59.0 Å². The fourth-order valence-corrected chi connectivity index (χ4v) is 2.79. The first-order chi connectivity index (χ1) is 11.8. The maximum Gasteiger partial charge on any atom is 0.416 e. The van der Waals surface area contributed by atoms with Crippen LogP contribution >= 0.6 is 0 Å². The van der Waals surface area contributed by atoms with Crippen molar-refractivity contribution in [1.82, 2.24) is 4.90 Å². The van der Waals surface area contributed by atoms with Crippen LogP contribution in [0.5, 0.6) is 0 Å². The minimum absolute atomic E-state index is 0.0780. The average Bonchev–Trinajstić information content (AvgIpc) is 2.58. The number of nitrogens with zero attached hydrogens (tertiary/aromatic N) is 1. The zero-order valence-corrected chi connectivity index (χ0v) is 14.0. The molecule has 2 rings (SSSR count). The van der Waals surface area contributed by atoms with E-state index in [1.165, 1.54) is 19.2 Å². The second-order valence-electron chi connectivity index (χ2n) is 6.04. The van der Waals surface area contributed by atoms with Gasteiger partial charge in [-0.05, 0) is 30.5 Å². The Bertz CT molecular complexity index is 584. The molecule has 0 bridgehead atoms. The molecule has 0 aromatic heterocycles. The van der Waals surface area contributed by atoms with Gasteiger partial charge in [-0.3, -0.25) is 4.79 Å². The average molecular weight is 361 g/mol. The van der Waals surface area contributed by atoms with Crippen LogP contribution in [-0.4, -0.2) is 55.9 Å². The van der Waals surface area contributed by atoms with Crippen LogP contribution in [0.1, 0.15) is 24.0 Å². The van der Waals surface area contributed by atoms with Gasteiger partial charge in [0.15, 0.2) is 0 Å². The third-order valence-corrected chi connectivity index (χ3v) is 4.33. The zero-order chi connectivity index (χ0) is 18.5. The lowest BCUT2D eigenvalue weighted by atomic mass is 9.83. The number of ether oxygens (including phenoxy) is 2. The van der Waals surface area contributed by atoms with Crippen LogP contribution in [0.3, 0.4) is 0 Å². The van der Waals surface area contributed by atoms with Crippen LogP contribution in [0.2, 0.25) is 0 Å². The molecule has 140 valence electrons. The van der Waals surface area contributed by atoms with E-state index in [0.717, 1.165) is 12.1 Å². The number of amides is 1. The van der Waals surface area contributed by atoms with Gasteiger partial charge >= 0.3 is 6.18 Å². The van der Waals surface area contributed by atoms with Gasteiger partial charge in [-0.2, -0.15) is 13.2 Å². The van der Waals surface area contributed by atoms with Crippen molar-refractivity contribution in [2.45, 2.75) is 24.6 Å². The summed E-state index contributed by atoms with van der Waals surface area (Å²) in [4.78, 5) is 13.6. The standard InChI is InChI=1S/C17H22F3NO4/c1-24-9-10-25-12-15(22)21-7-5-16(23,6-8-21)13-3-2-4-14(11-13)17(18,19)20/h2-4,11,23H,5-10,12H2,1H3. The Labute approximate surface area is 144 Å². The summed E-state index contributed by atoms with van der Waals surface area (Å²) in [6.45, 7) is 1.15. The van der Waals surface area contributed by atoms with Gasteiger partial charge in [-0.1, -0.05) is 12.1 Å². The van der Waals surface area contributed by atoms with Gasteiger partial charge in [0.25, 0.3) is 0 Å². The van der Waals surface area contributed by atoms with Crippen molar-refractivity contribution in [1.29, 1.82) is 0 Å². The number of alkyl halides is 3. The molecule has 25 heavy (non-hydrogen) atoms. The van der Waals surface area contributed by atoms with Crippen molar-refractivity contribution in [3.63, 3.8) is 0 Å². The summed E-state index contributed by atoms with van der Waals surface area (Å²) in [7, 11) is 1.53. The summed E-state index contributed by atoms with van der Waals surface area (Å²) in [6.07, 6.45) is -4.10. The summed E-state index contributed by atoms with van der Waals surface area (Å²) >= 11 is 0. The molecule has 1 fully saturated rings. The fourth-order valence-electron chi connectivity index (χ4n) is 2.79. The number of rotatable bonds is 6. The van der Waals surface area contributed by atoms with E-state index < -0.39 is 17.3 Å². The van der Waals surface area contributed by atoms with Gasteiger partial charge in [0.2, 0.25) is 5.91 Å². The number of hydrogen-bond acceptors (Lipinski definition) is 4. The Morgan fingerprint density at radius 2 is 1.96 bits per heavy atom. The largest absolute Gasteiger partial charge is 0.416 e. The van der Waals surface area contributed by atoms with Crippen molar-refractivity contribution < 1.29 is 32.5 Å². The highest BCUT2D eigenvalue weighted by Gasteiger charge is 2.37. The lowest BCUT2D eigenvalue weighted by Gasteiger charge is -2.38. The van der Waals surface area contributed by atoms with Crippen LogP contribution in [0.4, 0.5) is 13.2 Å². The number of piperidine rings is 1. The maximum atomic E-state index is 12.8. The minimum atomic E-state index is -4.46. The normalized spacial score (nSPS) is 17.6. The van der Waals surface area contributed by atoms with Gasteiger partial charge in [0.05, 0.1) is 24.4 Å². The molecule has 1 N–H and O–H groups in total. The number of halogens is 3. The molecule has 8 heteroatoms. The minimum Gasteiger partial charge on any atom is -0.385 e. The van der Waals surface area contributed by atoms with Crippen LogP contribution in [0, 0.1) is 0 Å². The predicted molar refractivity (Wildman–Crippen MR) is 83.8 cm³/mol. The molecule has 1 amide bonds. The first kappa shape index (κ1) is 19.7. The van der Waals surface area contributed by atoms with Crippen LogP contribution in [0.15, 0.2) is 24.3 Å². The molecular weight excluding hydrogens is 339 g/mol. The van der Waals surface area contributed by atoms with Gasteiger partial charge in [0, 0.05) is 20.2 Å². The molecule has 1 aliphatic heterocycles. The number of methoxy groups -OCH3 is 1. The summed E-state index contributed by atoms with van der Waals surface area (Å²) in [5, 5.41) is 10.7. The molecule has 1 saturated heterocycles. The van der Waals surface area contributed by atoms with E-state index in [1.807, 2.05) is 0 Å². The van der Waals surface area contributed by atoms with Gasteiger partial charge < -0.3 is 19.5 Å². The predicted octanol–water partition coefficient (Wildman–Crippen LogP) is 2.18. The number of likely N-dealkylation sites (tertiary alicyclic amines) is 1. The number of hydrogen-bond donors (Lipinski definition) is 1. The molecule has 0 atom stereocenters. The molecule has 0 radical (unpaired) electrons. The number of benzene rings is 1. The van der Waals surface area contributed by atoms with E-state index >= 15 is 0 Å². The monoisotopic (exact) mass is 361 g/mol. The lowest BCUT2D eigenvalue weighted by molar-refractivity contribution is -0.141. The van der Waals surface area contributed by atoms with E-state index in [1.54, 1.807) is 4.90 Å². The molecule has 1 aromatic carbocycles. The molecule has 0 unspecified atom stereocenters. The molecule has 5 nitrogen and oxygen atoms in total. The van der Waals surface area contributed by atoms with Gasteiger partial charge in [-0.25, -0.2) is 0 Å².